The lowest BCUT2D eigenvalue weighted by atomic mass is 9.93. The quantitative estimate of drug-likeness (QED) is 0.564. The van der Waals surface area contributed by atoms with Crippen LogP contribution in [0.25, 0.3) is 0 Å². The van der Waals surface area contributed by atoms with E-state index in [4.69, 9.17) is 23.2 Å². The first-order chi connectivity index (χ1) is 17.9. The number of carbonyl (C=O) groups is 3. The Morgan fingerprint density at radius 1 is 1.03 bits per heavy atom. The van der Waals surface area contributed by atoms with Crippen LogP contribution in [0.5, 0.6) is 0 Å². The largest absolute Gasteiger partial charge is 0.465 e. The zero-order chi connectivity index (χ0) is 27.8. The molecular formula is C25H25Cl2F3N4O4. The molecule has 0 bridgehead atoms. The first kappa shape index (κ1) is 28.0. The maximum atomic E-state index is 13.4. The van der Waals surface area contributed by atoms with Crippen molar-refractivity contribution in [2.75, 3.05) is 33.2 Å². The molecule has 38 heavy (non-hydrogen) atoms. The van der Waals surface area contributed by atoms with Gasteiger partial charge in [0.05, 0.1) is 21.7 Å². The minimum Gasteiger partial charge on any atom is -0.465 e. The maximum Gasteiger partial charge on any atom is 0.417 e. The molecule has 2 aliphatic rings. The van der Waals surface area contributed by atoms with Gasteiger partial charge in [-0.05, 0) is 42.7 Å². The van der Waals surface area contributed by atoms with Crippen LogP contribution in [0.2, 0.25) is 10.0 Å². The van der Waals surface area contributed by atoms with Gasteiger partial charge >= 0.3 is 12.3 Å². The molecule has 1 aromatic heterocycles. The van der Waals surface area contributed by atoms with Gasteiger partial charge in [-0.1, -0.05) is 29.3 Å². The van der Waals surface area contributed by atoms with E-state index in [9.17, 15) is 32.7 Å². The molecule has 2 aliphatic heterocycles. The average Bonchev–Trinajstić information content (AvgIpc) is 3.34. The summed E-state index contributed by atoms with van der Waals surface area (Å²) in [4.78, 5) is 45.8. The van der Waals surface area contributed by atoms with Crippen LogP contribution in [0.3, 0.4) is 0 Å². The van der Waals surface area contributed by atoms with Crippen molar-refractivity contribution >= 4 is 41.1 Å². The Bertz CT molecular complexity index is 1220. The molecule has 3 amide bonds. The summed E-state index contributed by atoms with van der Waals surface area (Å²) >= 11 is 12.2. The summed E-state index contributed by atoms with van der Waals surface area (Å²) in [5, 5.41) is 10.3. The third kappa shape index (κ3) is 5.83. The van der Waals surface area contributed by atoms with Gasteiger partial charge in [-0.3, -0.25) is 14.6 Å². The Hall–Kier alpha value is -3.05. The Morgan fingerprint density at radius 3 is 2.26 bits per heavy atom. The number of likely N-dealkylation sites (tertiary alicyclic amines) is 2. The van der Waals surface area contributed by atoms with Crippen molar-refractivity contribution in [1.29, 1.82) is 0 Å². The normalized spacial score (nSPS) is 20.5. The Balaban J connectivity index is 1.41. The number of amides is 3. The number of nitrogens with zero attached hydrogens (tertiary/aromatic N) is 4. The SMILES string of the molecule is CN(C(=O)O)[C@@H]1CN(C(=O)C2CCN(C(=O)c3ccc(C(F)(F)F)cn3)CC2)C[C@H]1c1ccc(Cl)c(Cl)c1. The summed E-state index contributed by atoms with van der Waals surface area (Å²) in [6, 6.07) is 6.48. The minimum atomic E-state index is -4.54. The maximum absolute atomic E-state index is 13.4. The van der Waals surface area contributed by atoms with Gasteiger partial charge in [-0.2, -0.15) is 13.2 Å². The lowest BCUT2D eigenvalue weighted by Gasteiger charge is -2.33. The number of hydrogen-bond donors (Lipinski definition) is 1. The van der Waals surface area contributed by atoms with Gasteiger partial charge in [-0.25, -0.2) is 4.79 Å². The van der Waals surface area contributed by atoms with Crippen molar-refractivity contribution in [2.24, 2.45) is 5.92 Å². The van der Waals surface area contributed by atoms with Crippen molar-refractivity contribution in [3.8, 4) is 0 Å². The fourth-order valence-electron chi connectivity index (χ4n) is 5.01. The van der Waals surface area contributed by atoms with Gasteiger partial charge < -0.3 is 19.8 Å². The summed E-state index contributed by atoms with van der Waals surface area (Å²) in [5.74, 6) is -1.30. The predicted octanol–water partition coefficient (Wildman–Crippen LogP) is 4.86. The average molecular weight is 573 g/mol. The summed E-state index contributed by atoms with van der Waals surface area (Å²) in [6.07, 6.45) is -4.28. The topological polar surface area (TPSA) is 94.0 Å². The molecule has 4 rings (SSSR count). The number of aromatic nitrogens is 1. The fourth-order valence-corrected chi connectivity index (χ4v) is 5.32. The van der Waals surface area contributed by atoms with Gasteiger partial charge in [0.15, 0.2) is 0 Å². The molecule has 204 valence electrons. The standard InChI is InChI=1S/C25H25Cl2F3N4O4/c1-32(24(37)38)21-13-34(12-17(21)15-2-4-18(26)19(27)10-15)22(35)14-6-8-33(9-7-14)23(36)20-5-3-16(11-31-20)25(28,29)30/h2-5,10-11,14,17,21H,6-9,12-13H2,1H3,(H,37,38)/t17-,21+/m0/s1. The second-order valence-corrected chi connectivity index (χ2v) is 10.3. The van der Waals surface area contributed by atoms with Crippen molar-refractivity contribution < 1.29 is 32.7 Å². The van der Waals surface area contributed by atoms with Crippen LogP contribution < -0.4 is 0 Å². The van der Waals surface area contributed by atoms with E-state index >= 15 is 0 Å². The van der Waals surface area contributed by atoms with Gasteiger partial charge in [0.2, 0.25) is 5.91 Å². The number of rotatable bonds is 4. The Morgan fingerprint density at radius 2 is 1.71 bits per heavy atom. The molecule has 0 spiro atoms. The first-order valence-electron chi connectivity index (χ1n) is 11.9. The predicted molar refractivity (Wildman–Crippen MR) is 133 cm³/mol. The molecule has 2 aromatic rings. The van der Waals surface area contributed by atoms with E-state index in [1.165, 1.54) is 16.8 Å². The monoisotopic (exact) mass is 572 g/mol. The highest BCUT2D eigenvalue weighted by Crippen LogP contribution is 2.36. The molecule has 13 heteroatoms. The highest BCUT2D eigenvalue weighted by atomic mass is 35.5. The van der Waals surface area contributed by atoms with Gasteiger partial charge in [0.1, 0.15) is 5.69 Å². The number of carbonyl (C=O) groups excluding carboxylic acids is 2. The van der Waals surface area contributed by atoms with Crippen molar-refractivity contribution in [3.05, 3.63) is 63.4 Å². The van der Waals surface area contributed by atoms with Crippen molar-refractivity contribution in [1.82, 2.24) is 19.7 Å². The number of hydrogen-bond acceptors (Lipinski definition) is 4. The zero-order valence-corrected chi connectivity index (χ0v) is 21.8. The molecule has 0 aliphatic carbocycles. The van der Waals surface area contributed by atoms with Crippen LogP contribution in [0.1, 0.15) is 40.4 Å². The highest BCUT2D eigenvalue weighted by Gasteiger charge is 2.42. The molecule has 0 radical (unpaired) electrons. The summed E-state index contributed by atoms with van der Waals surface area (Å²) < 4.78 is 38.3. The van der Waals surface area contributed by atoms with Crippen LogP contribution in [-0.4, -0.2) is 82.0 Å². The number of benzene rings is 1. The van der Waals surface area contributed by atoms with Crippen LogP contribution in [0.15, 0.2) is 36.5 Å². The van der Waals surface area contributed by atoms with E-state index in [1.54, 1.807) is 23.1 Å². The number of piperidine rings is 1. The Labute approximate surface area is 226 Å². The van der Waals surface area contributed by atoms with E-state index in [0.29, 0.717) is 35.6 Å². The molecule has 2 fully saturated rings. The molecule has 1 aromatic carbocycles. The fraction of sp³-hybridized carbons (Fsp3) is 0.440. The number of pyridine rings is 1. The summed E-state index contributed by atoms with van der Waals surface area (Å²) in [5.41, 5.74) is -0.251. The molecule has 1 N–H and O–H groups in total. The van der Waals surface area contributed by atoms with Crippen molar-refractivity contribution in [2.45, 2.75) is 31.0 Å². The van der Waals surface area contributed by atoms with Gasteiger partial charge in [0.25, 0.3) is 5.91 Å². The number of halogens is 5. The van der Waals surface area contributed by atoms with Crippen molar-refractivity contribution in [3.63, 3.8) is 0 Å². The van der Waals surface area contributed by atoms with E-state index in [0.717, 1.165) is 17.7 Å². The van der Waals surface area contributed by atoms with Crippen LogP contribution in [0, 0.1) is 5.92 Å². The van der Waals surface area contributed by atoms with Gasteiger partial charge in [-0.15, -0.1) is 0 Å². The van der Waals surface area contributed by atoms with Crippen LogP contribution in [-0.2, 0) is 11.0 Å². The van der Waals surface area contributed by atoms with E-state index in [1.807, 2.05) is 0 Å². The Kier molecular flexibility index (Phi) is 8.08. The zero-order valence-electron chi connectivity index (χ0n) is 20.3. The molecular weight excluding hydrogens is 548 g/mol. The number of alkyl halides is 3. The molecule has 2 atom stereocenters. The van der Waals surface area contributed by atoms with E-state index < -0.39 is 29.8 Å². The molecule has 0 saturated carbocycles. The molecule has 8 nitrogen and oxygen atoms in total. The van der Waals surface area contributed by atoms with Gasteiger partial charge in [0, 0.05) is 51.3 Å². The summed E-state index contributed by atoms with van der Waals surface area (Å²) in [7, 11) is 1.46. The van der Waals surface area contributed by atoms with Crippen LogP contribution in [0.4, 0.5) is 18.0 Å². The van der Waals surface area contributed by atoms with Crippen LogP contribution >= 0.6 is 23.2 Å². The minimum absolute atomic E-state index is 0.0914. The third-order valence-electron chi connectivity index (χ3n) is 7.21. The number of carboxylic acid groups (broad SMARTS) is 1. The molecule has 0 unspecified atom stereocenters. The summed E-state index contributed by atoms with van der Waals surface area (Å²) in [6.45, 7) is 1.01. The van der Waals surface area contributed by atoms with E-state index in [2.05, 4.69) is 4.98 Å². The molecule has 2 saturated heterocycles. The second-order valence-electron chi connectivity index (χ2n) is 9.48. The third-order valence-corrected chi connectivity index (χ3v) is 7.95. The lowest BCUT2D eigenvalue weighted by Crippen LogP contribution is -2.45. The second kappa shape index (κ2) is 11.0. The highest BCUT2D eigenvalue weighted by molar-refractivity contribution is 6.42. The van der Waals surface area contributed by atoms with E-state index in [-0.39, 0.29) is 43.1 Å². The lowest BCUT2D eigenvalue weighted by molar-refractivity contribution is -0.138. The smallest absolute Gasteiger partial charge is 0.417 e. The first-order valence-corrected chi connectivity index (χ1v) is 12.6. The molecule has 3 heterocycles. The number of likely N-dealkylation sites (N-methyl/N-ethyl adjacent to an activating group) is 1.